The topological polar surface area (TPSA) is 51.2 Å². The Balaban J connectivity index is 1.76. The summed E-state index contributed by atoms with van der Waals surface area (Å²) >= 11 is 1.38. The predicted molar refractivity (Wildman–Crippen MR) is 98.0 cm³/mol. The molecular formula is C19H20N2O2S. The normalized spacial score (nSPS) is 16.7. The Morgan fingerprint density at radius 1 is 1.46 bits per heavy atom. The molecule has 1 heterocycles. The number of hydrogen-bond acceptors (Lipinski definition) is 4. The molecule has 1 fully saturated rings. The van der Waals surface area contributed by atoms with Crippen molar-refractivity contribution in [3.05, 3.63) is 36.0 Å². The molecule has 1 N–H and O–H groups in total. The molecule has 5 heteroatoms. The number of carbonyl (C=O) groups excluding carboxylic acids is 1. The van der Waals surface area contributed by atoms with Crippen molar-refractivity contribution in [3.63, 3.8) is 0 Å². The molecule has 1 aromatic carbocycles. The van der Waals surface area contributed by atoms with E-state index in [2.05, 4.69) is 23.1 Å². The number of benzene rings is 1. The molecule has 4 nitrogen and oxygen atoms in total. The minimum absolute atomic E-state index is 0.0799. The molecule has 1 amide bonds. The van der Waals surface area contributed by atoms with Crippen LogP contribution >= 0.6 is 11.8 Å². The SMILES string of the molecule is C#Cc1cnc2ccc(OC(SC)C(=O)NC3(C)CCC3)cc2c1. The van der Waals surface area contributed by atoms with Gasteiger partial charge in [-0.15, -0.1) is 18.2 Å². The van der Waals surface area contributed by atoms with E-state index in [4.69, 9.17) is 11.2 Å². The van der Waals surface area contributed by atoms with Crippen molar-refractivity contribution >= 4 is 28.6 Å². The average Bonchev–Trinajstić information content (AvgIpc) is 2.57. The summed E-state index contributed by atoms with van der Waals surface area (Å²) in [4.78, 5) is 16.8. The van der Waals surface area contributed by atoms with E-state index in [-0.39, 0.29) is 11.4 Å². The Hall–Kier alpha value is -2.19. The summed E-state index contributed by atoms with van der Waals surface area (Å²) in [5, 5.41) is 3.99. The van der Waals surface area contributed by atoms with Crippen molar-refractivity contribution in [2.45, 2.75) is 37.2 Å². The van der Waals surface area contributed by atoms with Crippen LogP contribution in [0.25, 0.3) is 10.9 Å². The van der Waals surface area contributed by atoms with Crippen LogP contribution in [0.5, 0.6) is 5.75 Å². The number of terminal acetylenes is 1. The summed E-state index contributed by atoms with van der Waals surface area (Å²) in [6.07, 6.45) is 12.2. The predicted octanol–water partition coefficient (Wildman–Crippen LogP) is 3.34. The van der Waals surface area contributed by atoms with Crippen molar-refractivity contribution in [2.24, 2.45) is 0 Å². The molecule has 0 radical (unpaired) electrons. The zero-order valence-electron chi connectivity index (χ0n) is 13.8. The van der Waals surface area contributed by atoms with Gasteiger partial charge in [-0.2, -0.15) is 0 Å². The number of nitrogens with one attached hydrogen (secondary N) is 1. The third-order valence-electron chi connectivity index (χ3n) is 4.37. The smallest absolute Gasteiger partial charge is 0.272 e. The number of pyridine rings is 1. The minimum Gasteiger partial charge on any atom is -0.470 e. The van der Waals surface area contributed by atoms with Gasteiger partial charge in [0, 0.05) is 22.7 Å². The number of aromatic nitrogens is 1. The van der Waals surface area contributed by atoms with Gasteiger partial charge in [0.25, 0.3) is 5.91 Å². The highest BCUT2D eigenvalue weighted by Crippen LogP contribution is 2.31. The lowest BCUT2D eigenvalue weighted by Crippen LogP contribution is -2.54. The monoisotopic (exact) mass is 340 g/mol. The van der Waals surface area contributed by atoms with E-state index in [1.54, 1.807) is 6.20 Å². The zero-order chi connectivity index (χ0) is 17.2. The number of fused-ring (bicyclic) bond motifs is 1. The molecular weight excluding hydrogens is 320 g/mol. The van der Waals surface area contributed by atoms with E-state index in [9.17, 15) is 4.79 Å². The Morgan fingerprint density at radius 2 is 2.25 bits per heavy atom. The first-order chi connectivity index (χ1) is 11.5. The summed E-state index contributed by atoms with van der Waals surface area (Å²) in [6, 6.07) is 7.45. The van der Waals surface area contributed by atoms with Gasteiger partial charge in [-0.3, -0.25) is 9.78 Å². The fourth-order valence-corrected chi connectivity index (χ4v) is 3.26. The van der Waals surface area contributed by atoms with Gasteiger partial charge in [0.2, 0.25) is 5.44 Å². The van der Waals surface area contributed by atoms with Gasteiger partial charge in [0.1, 0.15) is 5.75 Å². The van der Waals surface area contributed by atoms with Crippen molar-refractivity contribution in [1.29, 1.82) is 0 Å². The Kier molecular flexibility index (Phi) is 4.68. The second-order valence-corrected chi connectivity index (χ2v) is 7.21. The van der Waals surface area contributed by atoms with E-state index in [0.717, 1.165) is 35.7 Å². The molecule has 24 heavy (non-hydrogen) atoms. The molecule has 1 saturated carbocycles. The van der Waals surface area contributed by atoms with Gasteiger partial charge in [0.05, 0.1) is 5.52 Å². The lowest BCUT2D eigenvalue weighted by atomic mass is 9.78. The highest BCUT2D eigenvalue weighted by molar-refractivity contribution is 7.99. The summed E-state index contributed by atoms with van der Waals surface area (Å²) < 4.78 is 5.89. The van der Waals surface area contributed by atoms with E-state index >= 15 is 0 Å². The van der Waals surface area contributed by atoms with Crippen molar-refractivity contribution in [3.8, 4) is 18.1 Å². The lowest BCUT2D eigenvalue weighted by molar-refractivity contribution is -0.127. The minimum atomic E-state index is -0.580. The lowest BCUT2D eigenvalue weighted by Gasteiger charge is -2.39. The second kappa shape index (κ2) is 6.74. The maximum Gasteiger partial charge on any atom is 0.272 e. The van der Waals surface area contributed by atoms with Crippen molar-refractivity contribution in [1.82, 2.24) is 10.3 Å². The van der Waals surface area contributed by atoms with Crippen molar-refractivity contribution in [2.75, 3.05) is 6.26 Å². The molecule has 3 rings (SSSR count). The van der Waals surface area contributed by atoms with E-state index in [1.165, 1.54) is 11.8 Å². The van der Waals surface area contributed by atoms with Gasteiger partial charge in [-0.25, -0.2) is 0 Å². The third-order valence-corrected chi connectivity index (χ3v) is 5.11. The van der Waals surface area contributed by atoms with Crippen molar-refractivity contribution < 1.29 is 9.53 Å². The summed E-state index contributed by atoms with van der Waals surface area (Å²) in [5.41, 5.74) is 0.900. The number of nitrogens with zero attached hydrogens (tertiary/aromatic N) is 1. The molecule has 2 aromatic rings. The zero-order valence-corrected chi connectivity index (χ0v) is 14.7. The molecule has 1 aromatic heterocycles. The van der Waals surface area contributed by atoms with E-state index in [1.807, 2.05) is 30.5 Å². The van der Waals surface area contributed by atoms with Crippen LogP contribution in [-0.2, 0) is 4.79 Å². The van der Waals surface area contributed by atoms with E-state index < -0.39 is 5.44 Å². The largest absolute Gasteiger partial charge is 0.470 e. The fraction of sp³-hybridized carbons (Fsp3) is 0.368. The first-order valence-corrected chi connectivity index (χ1v) is 9.20. The molecule has 1 unspecified atom stereocenters. The molecule has 0 bridgehead atoms. The highest BCUT2D eigenvalue weighted by Gasteiger charge is 2.35. The highest BCUT2D eigenvalue weighted by atomic mass is 32.2. The average molecular weight is 340 g/mol. The first kappa shape index (κ1) is 16.7. The number of thioether (sulfide) groups is 1. The number of ether oxygens (including phenoxy) is 1. The molecule has 0 aliphatic heterocycles. The van der Waals surface area contributed by atoms with Gasteiger partial charge >= 0.3 is 0 Å². The number of carbonyl (C=O) groups is 1. The number of amides is 1. The summed E-state index contributed by atoms with van der Waals surface area (Å²) in [6.45, 7) is 2.08. The van der Waals surface area contributed by atoms with Gasteiger partial charge in [0.15, 0.2) is 0 Å². The second-order valence-electron chi connectivity index (χ2n) is 6.31. The van der Waals surface area contributed by atoms with Crippen LogP contribution in [-0.4, -0.2) is 28.1 Å². The van der Waals surface area contributed by atoms with Crippen LogP contribution in [0.1, 0.15) is 31.7 Å². The van der Waals surface area contributed by atoms with Crippen LogP contribution in [0.2, 0.25) is 0 Å². The maximum atomic E-state index is 12.5. The third kappa shape index (κ3) is 3.49. The molecule has 1 aliphatic rings. The maximum absolute atomic E-state index is 12.5. The first-order valence-electron chi connectivity index (χ1n) is 7.91. The number of rotatable bonds is 5. The number of hydrogen-bond donors (Lipinski definition) is 1. The Bertz CT molecular complexity index is 809. The quantitative estimate of drug-likeness (QED) is 0.670. The molecule has 0 saturated heterocycles. The van der Waals surface area contributed by atoms with Crippen LogP contribution in [0.15, 0.2) is 30.5 Å². The van der Waals surface area contributed by atoms with Crippen LogP contribution in [0.3, 0.4) is 0 Å². The molecule has 1 atom stereocenters. The molecule has 124 valence electrons. The Labute approximate surface area is 146 Å². The molecule has 0 spiro atoms. The van der Waals surface area contributed by atoms with Crippen LogP contribution in [0, 0.1) is 12.3 Å². The molecule has 1 aliphatic carbocycles. The fourth-order valence-electron chi connectivity index (χ4n) is 2.78. The summed E-state index contributed by atoms with van der Waals surface area (Å²) in [7, 11) is 0. The Morgan fingerprint density at radius 3 is 2.88 bits per heavy atom. The standard InChI is InChI=1S/C19H20N2O2S/c1-4-13-10-14-11-15(6-7-16(14)20-12-13)23-18(24-3)17(22)21-19(2)8-5-9-19/h1,6-7,10-12,18H,5,8-9H2,2-3H3,(H,21,22). The van der Waals surface area contributed by atoms with Gasteiger partial charge in [-0.05, 0) is 56.7 Å². The van der Waals surface area contributed by atoms with Gasteiger partial charge < -0.3 is 10.1 Å². The van der Waals surface area contributed by atoms with Crippen LogP contribution < -0.4 is 10.1 Å². The van der Waals surface area contributed by atoms with Gasteiger partial charge in [-0.1, -0.05) is 5.92 Å². The van der Waals surface area contributed by atoms with Crippen LogP contribution in [0.4, 0.5) is 0 Å². The summed E-state index contributed by atoms with van der Waals surface area (Å²) in [5.74, 6) is 3.12. The van der Waals surface area contributed by atoms with E-state index in [0.29, 0.717) is 5.75 Å².